The van der Waals surface area contributed by atoms with Crippen LogP contribution in [0.4, 0.5) is 19.9 Å². The number of alkyl halides is 1. The zero-order valence-electron chi connectivity index (χ0n) is 24.6. The van der Waals surface area contributed by atoms with Crippen LogP contribution in [-0.4, -0.2) is 100 Å². The molecular weight excluding hydrogens is 618 g/mol. The van der Waals surface area contributed by atoms with Gasteiger partial charge in [0.2, 0.25) is 25.4 Å². The Balaban J connectivity index is 1.79. The molecule has 2 aromatic heterocycles. The molecule has 0 spiro atoms. The molecule has 21 heteroatoms. The molecule has 0 amide bonds. The number of hydrogen-bond donors (Lipinski definition) is 3. The molecule has 4 atom stereocenters. The maximum absolute atomic E-state index is 15.6. The van der Waals surface area contributed by atoms with Crippen molar-refractivity contribution in [3.8, 4) is 5.88 Å². The molecule has 1 fully saturated rings. The topological polar surface area (TPSA) is 250 Å². The zero-order valence-corrected chi connectivity index (χ0v) is 25.5. The van der Waals surface area contributed by atoms with Gasteiger partial charge in [-0.1, -0.05) is 0 Å². The first kappa shape index (κ1) is 35.1. The van der Waals surface area contributed by atoms with Gasteiger partial charge >= 0.3 is 20.1 Å². The maximum Gasteiger partial charge on any atom is 0.510 e. The monoisotopic (exact) mass is 654 g/mol. The van der Waals surface area contributed by atoms with E-state index in [0.29, 0.717) is 0 Å². The van der Waals surface area contributed by atoms with Crippen LogP contribution in [0.25, 0.3) is 11.2 Å². The molecule has 1 aliphatic heterocycles. The Morgan fingerprint density at radius 2 is 1.70 bits per heavy atom. The highest BCUT2D eigenvalue weighted by Crippen LogP contribution is 2.51. The maximum atomic E-state index is 15.6. The van der Waals surface area contributed by atoms with Gasteiger partial charge in [-0.2, -0.15) is 9.97 Å². The highest BCUT2D eigenvalue weighted by molar-refractivity contribution is 7.48. The number of aromatic nitrogens is 4. The van der Waals surface area contributed by atoms with Crippen molar-refractivity contribution in [3.05, 3.63) is 6.33 Å². The lowest BCUT2D eigenvalue weighted by atomic mass is 9.97. The summed E-state index contributed by atoms with van der Waals surface area (Å²) in [5.74, 6) is -0.148. The third-order valence-corrected chi connectivity index (χ3v) is 6.97. The standard InChI is InChI=1S/C23H36FN6O13P/c1-6-35-18-15-17(28-20(26)29-18)30(9-27-15)19-14(24)16(31)23(7-25,43-19)8-38-44(34,39-10-36-21(32)41-12(2)3)40-11-37-22(33)42-13(4)5/h9,12-14,16,19,31H,6-8,10-11,25H2,1-5H3,(H2,26,28,29)/t14-,16+,19-,23-/m1/s1. The Morgan fingerprint density at radius 1 is 1.11 bits per heavy atom. The molecule has 3 heterocycles. The number of nitrogen functional groups attached to an aromatic ring is 1. The Hall–Kier alpha value is -3.39. The van der Waals surface area contributed by atoms with Crippen LogP contribution in [0.5, 0.6) is 5.88 Å². The summed E-state index contributed by atoms with van der Waals surface area (Å²) >= 11 is 0. The molecule has 19 nitrogen and oxygen atoms in total. The summed E-state index contributed by atoms with van der Waals surface area (Å²) < 4.78 is 75.6. The zero-order chi connectivity index (χ0) is 32.7. The smallest absolute Gasteiger partial charge is 0.476 e. The van der Waals surface area contributed by atoms with E-state index in [-0.39, 0.29) is 29.6 Å². The number of nitrogens with two attached hydrogens (primary N) is 2. The lowest BCUT2D eigenvalue weighted by molar-refractivity contribution is -0.124. The number of ether oxygens (including phenoxy) is 6. The van der Waals surface area contributed by atoms with Crippen molar-refractivity contribution in [2.24, 2.45) is 5.73 Å². The second kappa shape index (κ2) is 15.1. The minimum Gasteiger partial charge on any atom is -0.476 e. The molecular formula is C23H36FN6O13P. The van der Waals surface area contributed by atoms with Gasteiger partial charge < -0.3 is 45.0 Å². The third kappa shape index (κ3) is 8.62. The second-order valence-electron chi connectivity index (χ2n) is 9.65. The van der Waals surface area contributed by atoms with Gasteiger partial charge in [0.1, 0.15) is 11.7 Å². The molecule has 0 radical (unpaired) electrons. The van der Waals surface area contributed by atoms with Crippen molar-refractivity contribution in [2.75, 3.05) is 39.1 Å². The fourth-order valence-electron chi connectivity index (χ4n) is 3.74. The van der Waals surface area contributed by atoms with Crippen molar-refractivity contribution in [3.63, 3.8) is 0 Å². The molecule has 5 N–H and O–H groups in total. The number of aliphatic hydroxyl groups is 1. The molecule has 0 aliphatic carbocycles. The molecule has 1 aliphatic rings. The van der Waals surface area contributed by atoms with E-state index < -0.39 is 83.2 Å². The molecule has 1 saturated heterocycles. The summed E-state index contributed by atoms with van der Waals surface area (Å²) in [6.07, 6.45) is -7.88. The van der Waals surface area contributed by atoms with Crippen molar-refractivity contribution in [1.82, 2.24) is 19.5 Å². The molecule has 3 rings (SSSR count). The lowest BCUT2D eigenvalue weighted by Crippen LogP contribution is -2.51. The summed E-state index contributed by atoms with van der Waals surface area (Å²) in [5, 5.41) is 10.9. The average molecular weight is 655 g/mol. The first-order valence-electron chi connectivity index (χ1n) is 13.3. The fourth-order valence-corrected chi connectivity index (χ4v) is 4.70. The number of fused-ring (bicyclic) bond motifs is 1. The highest BCUT2D eigenvalue weighted by Gasteiger charge is 2.57. The normalized spacial score (nSPS) is 22.0. The van der Waals surface area contributed by atoms with Gasteiger partial charge in [0.15, 0.2) is 23.6 Å². The van der Waals surface area contributed by atoms with Gasteiger partial charge in [-0.3, -0.25) is 9.09 Å². The van der Waals surface area contributed by atoms with Crippen LogP contribution in [-0.2, 0) is 41.8 Å². The average Bonchev–Trinajstić information content (AvgIpc) is 3.46. The largest absolute Gasteiger partial charge is 0.510 e. The molecule has 0 bridgehead atoms. The van der Waals surface area contributed by atoms with Crippen molar-refractivity contribution < 1.29 is 65.6 Å². The molecule has 0 unspecified atom stereocenters. The molecule has 2 aromatic rings. The Kier molecular flexibility index (Phi) is 12.0. The molecule has 248 valence electrons. The number of phosphoric ester groups is 1. The number of carbonyl (C=O) groups is 2. The molecule has 0 aromatic carbocycles. The highest BCUT2D eigenvalue weighted by atomic mass is 31.2. The Morgan fingerprint density at radius 3 is 2.23 bits per heavy atom. The number of nitrogens with zero attached hydrogens (tertiary/aromatic N) is 4. The summed E-state index contributed by atoms with van der Waals surface area (Å²) in [6.45, 7) is 4.72. The van der Waals surface area contributed by atoms with Gasteiger partial charge in [0.25, 0.3) is 0 Å². The van der Waals surface area contributed by atoms with E-state index in [9.17, 15) is 19.3 Å². The summed E-state index contributed by atoms with van der Waals surface area (Å²) in [5.41, 5.74) is 9.78. The van der Waals surface area contributed by atoms with Crippen LogP contribution in [0.2, 0.25) is 0 Å². The number of anilines is 1. The Labute approximate surface area is 250 Å². The minimum absolute atomic E-state index is 0.0303. The number of hydrogen-bond acceptors (Lipinski definition) is 18. The number of halogens is 1. The predicted molar refractivity (Wildman–Crippen MR) is 145 cm³/mol. The van der Waals surface area contributed by atoms with E-state index in [0.717, 1.165) is 4.57 Å². The van der Waals surface area contributed by atoms with E-state index >= 15 is 4.39 Å². The van der Waals surface area contributed by atoms with Crippen LogP contribution in [0, 0.1) is 0 Å². The van der Waals surface area contributed by atoms with E-state index in [1.54, 1.807) is 34.6 Å². The molecule has 0 saturated carbocycles. The third-order valence-electron chi connectivity index (χ3n) is 5.68. The molecule has 44 heavy (non-hydrogen) atoms. The van der Waals surface area contributed by atoms with E-state index in [4.69, 9.17) is 44.0 Å². The van der Waals surface area contributed by atoms with Crippen LogP contribution in [0.1, 0.15) is 40.8 Å². The summed E-state index contributed by atoms with van der Waals surface area (Å²) in [7, 11) is -4.80. The quantitative estimate of drug-likeness (QED) is 0.141. The van der Waals surface area contributed by atoms with Crippen LogP contribution < -0.4 is 16.2 Å². The van der Waals surface area contributed by atoms with Crippen LogP contribution in [0.3, 0.4) is 0 Å². The first-order chi connectivity index (χ1) is 20.7. The second-order valence-corrected chi connectivity index (χ2v) is 11.3. The Bertz CT molecular complexity index is 1300. The summed E-state index contributed by atoms with van der Waals surface area (Å²) in [6, 6.07) is 0. The van der Waals surface area contributed by atoms with Crippen molar-refractivity contribution in [1.29, 1.82) is 0 Å². The van der Waals surface area contributed by atoms with Crippen molar-refractivity contribution in [2.45, 2.75) is 70.9 Å². The summed E-state index contributed by atoms with van der Waals surface area (Å²) in [4.78, 5) is 35.6. The van der Waals surface area contributed by atoms with E-state index in [2.05, 4.69) is 24.4 Å². The number of aliphatic hydroxyl groups excluding tert-OH is 1. The van der Waals surface area contributed by atoms with Crippen LogP contribution >= 0.6 is 7.82 Å². The van der Waals surface area contributed by atoms with Gasteiger partial charge in [0, 0.05) is 6.54 Å². The van der Waals surface area contributed by atoms with Crippen molar-refractivity contribution >= 4 is 37.2 Å². The lowest BCUT2D eigenvalue weighted by Gasteiger charge is -2.31. The van der Waals surface area contributed by atoms with Gasteiger partial charge in [-0.15, -0.1) is 0 Å². The predicted octanol–water partition coefficient (Wildman–Crippen LogP) is 1.93. The van der Waals surface area contributed by atoms with Crippen LogP contribution in [0.15, 0.2) is 6.33 Å². The number of rotatable bonds is 15. The fraction of sp³-hybridized carbons (Fsp3) is 0.696. The van der Waals surface area contributed by atoms with Gasteiger partial charge in [0.05, 0.1) is 31.7 Å². The first-order valence-corrected chi connectivity index (χ1v) is 14.7. The number of phosphoric acid groups is 1. The van der Waals surface area contributed by atoms with Gasteiger partial charge in [-0.05, 0) is 34.6 Å². The minimum atomic E-state index is -4.80. The van der Waals surface area contributed by atoms with Gasteiger partial charge in [-0.25, -0.2) is 32.6 Å². The van der Waals surface area contributed by atoms with E-state index in [1.165, 1.54) is 6.33 Å². The number of imidazole rings is 1. The SMILES string of the molecule is CCOc1nc(N)nc2c1ncn2[C@@H]1O[C@](CN)(COP(=O)(OCOC(=O)OC(C)C)OCOC(=O)OC(C)C)[C@@H](O)[C@H]1F. The van der Waals surface area contributed by atoms with E-state index in [1.807, 2.05) is 0 Å². The number of carbonyl (C=O) groups excluding carboxylic acids is 2.